The van der Waals surface area contributed by atoms with Crippen LogP contribution in [-0.4, -0.2) is 43.3 Å². The molecule has 0 saturated carbocycles. The van der Waals surface area contributed by atoms with E-state index < -0.39 is 9.84 Å². The molecule has 5 nitrogen and oxygen atoms in total. The first-order valence-electron chi connectivity index (χ1n) is 8.33. The third kappa shape index (κ3) is 4.02. The van der Waals surface area contributed by atoms with Crippen molar-refractivity contribution in [1.82, 2.24) is 4.90 Å². The number of carbonyl (C=O) groups is 1. The Morgan fingerprint density at radius 3 is 2.44 bits per heavy atom. The first-order valence-corrected chi connectivity index (χ1v) is 10.2. The number of benzene rings is 2. The van der Waals surface area contributed by atoms with Gasteiger partial charge in [0.05, 0.1) is 17.1 Å². The minimum Gasteiger partial charge on any atom is -0.457 e. The Bertz CT molecular complexity index is 849. The van der Waals surface area contributed by atoms with Crippen molar-refractivity contribution in [3.63, 3.8) is 0 Å². The molecule has 0 N–H and O–H groups in total. The lowest BCUT2D eigenvalue weighted by atomic mass is 10.1. The van der Waals surface area contributed by atoms with Gasteiger partial charge in [-0.25, -0.2) is 8.42 Å². The molecule has 1 aliphatic heterocycles. The fraction of sp³-hybridized carbons (Fsp3) is 0.316. The highest BCUT2D eigenvalue weighted by Crippen LogP contribution is 2.28. The Kier molecular flexibility index (Phi) is 5.08. The summed E-state index contributed by atoms with van der Waals surface area (Å²) >= 11 is 0. The summed E-state index contributed by atoms with van der Waals surface area (Å²) in [4.78, 5) is 14.7. The smallest absolute Gasteiger partial charge is 0.257 e. The van der Waals surface area contributed by atoms with Crippen LogP contribution in [0.4, 0.5) is 0 Å². The molecule has 6 heteroatoms. The number of carbonyl (C=O) groups excluding carboxylic acids is 1. The van der Waals surface area contributed by atoms with Gasteiger partial charge in [-0.2, -0.15) is 0 Å². The summed E-state index contributed by atoms with van der Waals surface area (Å²) in [6.45, 7) is 2.32. The van der Waals surface area contributed by atoms with Crippen LogP contribution < -0.4 is 4.74 Å². The summed E-state index contributed by atoms with van der Waals surface area (Å²) in [5, 5.41) is 0. The van der Waals surface area contributed by atoms with E-state index in [1.165, 1.54) is 0 Å². The zero-order valence-corrected chi connectivity index (χ0v) is 14.9. The zero-order chi connectivity index (χ0) is 17.9. The van der Waals surface area contributed by atoms with Crippen LogP contribution in [0.2, 0.25) is 0 Å². The molecule has 1 aliphatic rings. The molecule has 2 aromatic rings. The molecule has 132 valence electrons. The topological polar surface area (TPSA) is 63.7 Å². The molecule has 1 saturated heterocycles. The van der Waals surface area contributed by atoms with Crippen LogP contribution in [0.3, 0.4) is 0 Å². The first kappa shape index (κ1) is 17.5. The molecule has 0 aliphatic carbocycles. The number of para-hydroxylation sites is 2. The van der Waals surface area contributed by atoms with Crippen molar-refractivity contribution in [2.75, 3.05) is 18.1 Å². The lowest BCUT2D eigenvalue weighted by Crippen LogP contribution is -2.41. The molecule has 0 bridgehead atoms. The van der Waals surface area contributed by atoms with E-state index >= 15 is 0 Å². The summed E-state index contributed by atoms with van der Waals surface area (Å²) < 4.78 is 29.4. The maximum Gasteiger partial charge on any atom is 0.257 e. The highest BCUT2D eigenvalue weighted by Gasteiger charge is 2.34. The van der Waals surface area contributed by atoms with Crippen LogP contribution >= 0.6 is 0 Å². The maximum atomic E-state index is 13.0. The molecule has 0 unspecified atom stereocenters. The van der Waals surface area contributed by atoms with Crippen LogP contribution in [0.15, 0.2) is 54.6 Å². The highest BCUT2D eigenvalue weighted by molar-refractivity contribution is 7.91. The number of amides is 1. The Labute approximate surface area is 148 Å². The third-order valence-corrected chi connectivity index (χ3v) is 6.09. The van der Waals surface area contributed by atoms with Gasteiger partial charge in [0.1, 0.15) is 11.5 Å². The lowest BCUT2D eigenvalue weighted by molar-refractivity contribution is 0.0706. The van der Waals surface area contributed by atoms with Gasteiger partial charge in [0.2, 0.25) is 0 Å². The number of hydrogen-bond donors (Lipinski definition) is 0. The molecular formula is C19H21NO4S. The molecule has 1 amide bonds. The number of rotatable bonds is 5. The van der Waals surface area contributed by atoms with E-state index in [1.807, 2.05) is 43.3 Å². The SMILES string of the molecule is CCN(C(=O)c1ccccc1Oc1ccccc1)[C@H]1CCS(=O)(=O)C1. The van der Waals surface area contributed by atoms with Crippen molar-refractivity contribution < 1.29 is 17.9 Å². The predicted molar refractivity (Wildman–Crippen MR) is 96.7 cm³/mol. The van der Waals surface area contributed by atoms with Gasteiger partial charge < -0.3 is 9.64 Å². The van der Waals surface area contributed by atoms with Gasteiger partial charge in [-0.3, -0.25) is 4.79 Å². The Morgan fingerprint density at radius 1 is 1.12 bits per heavy atom. The van der Waals surface area contributed by atoms with E-state index in [0.717, 1.165) is 0 Å². The van der Waals surface area contributed by atoms with E-state index in [9.17, 15) is 13.2 Å². The average Bonchev–Trinajstić information content (AvgIpc) is 2.96. The van der Waals surface area contributed by atoms with Crippen molar-refractivity contribution in [1.29, 1.82) is 0 Å². The Morgan fingerprint density at radius 2 is 1.80 bits per heavy atom. The molecule has 3 rings (SSSR count). The van der Waals surface area contributed by atoms with Crippen molar-refractivity contribution >= 4 is 15.7 Å². The minimum absolute atomic E-state index is 0.0360. The molecule has 0 aromatic heterocycles. The molecule has 1 fully saturated rings. The van der Waals surface area contributed by atoms with Gasteiger partial charge in [-0.1, -0.05) is 30.3 Å². The molecule has 25 heavy (non-hydrogen) atoms. The second-order valence-corrected chi connectivity index (χ2v) is 8.29. The average molecular weight is 359 g/mol. The van der Waals surface area contributed by atoms with Gasteiger partial charge in [-0.15, -0.1) is 0 Å². The normalized spacial score (nSPS) is 18.7. The number of sulfone groups is 1. The standard InChI is InChI=1S/C19H21NO4S/c1-2-20(15-12-13-25(22,23)14-15)19(21)17-10-6-7-11-18(17)24-16-8-4-3-5-9-16/h3-11,15H,2,12-14H2,1H3/t15-/m0/s1. The molecule has 1 heterocycles. The highest BCUT2D eigenvalue weighted by atomic mass is 32.2. The quantitative estimate of drug-likeness (QED) is 0.823. The summed E-state index contributed by atoms with van der Waals surface area (Å²) in [7, 11) is -3.05. The van der Waals surface area contributed by atoms with Gasteiger partial charge in [-0.05, 0) is 37.6 Å². The Balaban J connectivity index is 1.86. The van der Waals surface area contributed by atoms with Gasteiger partial charge in [0, 0.05) is 12.6 Å². The second kappa shape index (κ2) is 7.27. The molecule has 2 aromatic carbocycles. The Hall–Kier alpha value is -2.34. The zero-order valence-electron chi connectivity index (χ0n) is 14.1. The van der Waals surface area contributed by atoms with Crippen molar-refractivity contribution in [2.45, 2.75) is 19.4 Å². The second-order valence-electron chi connectivity index (χ2n) is 6.06. The van der Waals surface area contributed by atoms with Crippen LogP contribution in [0, 0.1) is 0 Å². The summed E-state index contributed by atoms with van der Waals surface area (Å²) in [5.74, 6) is 1.10. The van der Waals surface area contributed by atoms with Crippen molar-refractivity contribution in [3.8, 4) is 11.5 Å². The van der Waals surface area contributed by atoms with Gasteiger partial charge >= 0.3 is 0 Å². The fourth-order valence-electron chi connectivity index (χ4n) is 3.09. The molecule has 1 atom stereocenters. The predicted octanol–water partition coefficient (Wildman–Crippen LogP) is 3.13. The van der Waals surface area contributed by atoms with Crippen LogP contribution in [0.25, 0.3) is 0 Å². The van der Waals surface area contributed by atoms with E-state index in [0.29, 0.717) is 30.0 Å². The third-order valence-electron chi connectivity index (χ3n) is 4.34. The van der Waals surface area contributed by atoms with Crippen LogP contribution in [-0.2, 0) is 9.84 Å². The summed E-state index contributed by atoms with van der Waals surface area (Å²) in [6, 6.07) is 16.0. The number of ether oxygens (including phenoxy) is 1. The van der Waals surface area contributed by atoms with Crippen molar-refractivity contribution in [2.24, 2.45) is 0 Å². The fourth-order valence-corrected chi connectivity index (χ4v) is 4.82. The van der Waals surface area contributed by atoms with Crippen molar-refractivity contribution in [3.05, 3.63) is 60.2 Å². The first-order chi connectivity index (χ1) is 12.0. The number of nitrogens with zero attached hydrogens (tertiary/aromatic N) is 1. The maximum absolute atomic E-state index is 13.0. The van der Waals surface area contributed by atoms with Crippen LogP contribution in [0.1, 0.15) is 23.7 Å². The lowest BCUT2D eigenvalue weighted by Gasteiger charge is -2.27. The minimum atomic E-state index is -3.05. The van der Waals surface area contributed by atoms with Gasteiger partial charge in [0.25, 0.3) is 5.91 Å². The summed E-state index contributed by atoms with van der Waals surface area (Å²) in [5.41, 5.74) is 0.442. The number of hydrogen-bond acceptors (Lipinski definition) is 4. The van der Waals surface area contributed by atoms with Gasteiger partial charge in [0.15, 0.2) is 9.84 Å². The van der Waals surface area contributed by atoms with E-state index in [2.05, 4.69) is 0 Å². The van der Waals surface area contributed by atoms with E-state index in [1.54, 1.807) is 23.1 Å². The van der Waals surface area contributed by atoms with E-state index in [-0.39, 0.29) is 23.5 Å². The molecule has 0 spiro atoms. The molecule has 0 radical (unpaired) electrons. The van der Waals surface area contributed by atoms with Crippen LogP contribution in [0.5, 0.6) is 11.5 Å². The summed E-state index contributed by atoms with van der Waals surface area (Å²) in [6.07, 6.45) is 0.490. The molecular weight excluding hydrogens is 338 g/mol. The monoisotopic (exact) mass is 359 g/mol. The largest absolute Gasteiger partial charge is 0.457 e. The van der Waals surface area contributed by atoms with E-state index in [4.69, 9.17) is 4.74 Å².